The van der Waals surface area contributed by atoms with E-state index in [0.717, 1.165) is 23.6 Å². The third-order valence-corrected chi connectivity index (χ3v) is 3.96. The summed E-state index contributed by atoms with van der Waals surface area (Å²) < 4.78 is 7.70. The first-order valence-corrected chi connectivity index (χ1v) is 7.65. The predicted octanol–water partition coefficient (Wildman–Crippen LogP) is 2.43. The van der Waals surface area contributed by atoms with Crippen LogP contribution < -0.4 is 4.74 Å². The van der Waals surface area contributed by atoms with Crippen molar-refractivity contribution in [3.8, 4) is 5.75 Å². The lowest BCUT2D eigenvalue weighted by Crippen LogP contribution is -2.39. The van der Waals surface area contributed by atoms with Crippen molar-refractivity contribution in [2.24, 2.45) is 0 Å². The number of hydrogen-bond donors (Lipinski definition) is 0. The summed E-state index contributed by atoms with van der Waals surface area (Å²) in [5.41, 5.74) is 2.26. The Balaban J connectivity index is 1.64. The highest BCUT2D eigenvalue weighted by atomic mass is 16.5. The lowest BCUT2D eigenvalue weighted by molar-refractivity contribution is -0.134. The standard InChI is InChI=1S/C17H21N3O2/c1-13(2)20-12-18-15-8-9-19(10-16(15)20)17(21)11-22-14-6-4-3-5-7-14/h3-7,12-13H,8-11H2,1-2H3. The molecule has 1 amide bonds. The van der Waals surface area contributed by atoms with Crippen molar-refractivity contribution in [1.82, 2.24) is 14.5 Å². The molecule has 0 fully saturated rings. The smallest absolute Gasteiger partial charge is 0.260 e. The molecular formula is C17H21N3O2. The first kappa shape index (κ1) is 14.6. The summed E-state index contributed by atoms with van der Waals surface area (Å²) in [7, 11) is 0. The zero-order valence-electron chi connectivity index (χ0n) is 13.0. The molecule has 1 aromatic heterocycles. The normalized spacial score (nSPS) is 14.0. The van der Waals surface area contributed by atoms with Crippen LogP contribution in [0.2, 0.25) is 0 Å². The van der Waals surface area contributed by atoms with Gasteiger partial charge in [0.25, 0.3) is 5.91 Å². The Bertz CT molecular complexity index is 649. The minimum atomic E-state index is 0.0195. The summed E-state index contributed by atoms with van der Waals surface area (Å²) in [5.74, 6) is 0.742. The fourth-order valence-electron chi connectivity index (χ4n) is 2.72. The van der Waals surface area contributed by atoms with Crippen molar-refractivity contribution in [3.05, 3.63) is 48.0 Å². The SMILES string of the molecule is CC(C)n1cnc2c1CN(C(=O)COc1ccccc1)CC2. The van der Waals surface area contributed by atoms with E-state index in [2.05, 4.69) is 23.4 Å². The van der Waals surface area contributed by atoms with Crippen LogP contribution in [0.1, 0.15) is 31.3 Å². The number of amides is 1. The summed E-state index contributed by atoms with van der Waals surface area (Å²) in [6, 6.07) is 9.79. The van der Waals surface area contributed by atoms with Gasteiger partial charge in [0.2, 0.25) is 0 Å². The number of aromatic nitrogens is 2. The van der Waals surface area contributed by atoms with E-state index >= 15 is 0 Å². The number of imidazole rings is 1. The number of nitrogens with zero attached hydrogens (tertiary/aromatic N) is 3. The maximum Gasteiger partial charge on any atom is 0.260 e. The van der Waals surface area contributed by atoms with E-state index in [1.807, 2.05) is 41.6 Å². The molecular weight excluding hydrogens is 278 g/mol. The van der Waals surface area contributed by atoms with E-state index in [0.29, 0.717) is 19.1 Å². The number of benzene rings is 1. The van der Waals surface area contributed by atoms with Crippen LogP contribution in [0, 0.1) is 0 Å². The molecule has 0 radical (unpaired) electrons. The molecule has 2 heterocycles. The van der Waals surface area contributed by atoms with Crippen LogP contribution >= 0.6 is 0 Å². The van der Waals surface area contributed by atoms with Crippen LogP contribution in [-0.2, 0) is 17.8 Å². The molecule has 1 aliphatic rings. The molecule has 0 spiro atoms. The summed E-state index contributed by atoms with van der Waals surface area (Å²) >= 11 is 0. The summed E-state index contributed by atoms with van der Waals surface area (Å²) in [5, 5.41) is 0. The van der Waals surface area contributed by atoms with Gasteiger partial charge >= 0.3 is 0 Å². The molecule has 0 saturated carbocycles. The summed E-state index contributed by atoms with van der Waals surface area (Å²) in [4.78, 5) is 18.7. The lowest BCUT2D eigenvalue weighted by atomic mass is 10.1. The highest BCUT2D eigenvalue weighted by molar-refractivity contribution is 5.78. The molecule has 0 atom stereocenters. The zero-order valence-corrected chi connectivity index (χ0v) is 13.0. The molecule has 3 rings (SSSR count). The molecule has 5 heteroatoms. The van der Waals surface area contributed by atoms with Crippen molar-refractivity contribution < 1.29 is 9.53 Å². The topological polar surface area (TPSA) is 47.4 Å². The Hall–Kier alpha value is -2.30. The highest BCUT2D eigenvalue weighted by Gasteiger charge is 2.25. The predicted molar refractivity (Wildman–Crippen MR) is 83.7 cm³/mol. The highest BCUT2D eigenvalue weighted by Crippen LogP contribution is 2.21. The van der Waals surface area contributed by atoms with Gasteiger partial charge in [-0.15, -0.1) is 0 Å². The van der Waals surface area contributed by atoms with E-state index in [-0.39, 0.29) is 12.5 Å². The molecule has 1 aromatic carbocycles. The molecule has 1 aliphatic heterocycles. The van der Waals surface area contributed by atoms with Crippen molar-refractivity contribution in [1.29, 1.82) is 0 Å². The van der Waals surface area contributed by atoms with E-state index in [9.17, 15) is 4.79 Å². The Morgan fingerprint density at radius 3 is 2.82 bits per heavy atom. The van der Waals surface area contributed by atoms with Gasteiger partial charge in [-0.2, -0.15) is 0 Å². The van der Waals surface area contributed by atoms with Gasteiger partial charge in [0.15, 0.2) is 6.61 Å². The Morgan fingerprint density at radius 2 is 2.09 bits per heavy atom. The van der Waals surface area contributed by atoms with E-state index in [1.165, 1.54) is 0 Å². The van der Waals surface area contributed by atoms with Gasteiger partial charge in [0.1, 0.15) is 5.75 Å². The third kappa shape index (κ3) is 2.98. The lowest BCUT2D eigenvalue weighted by Gasteiger charge is -2.28. The zero-order chi connectivity index (χ0) is 15.5. The maximum absolute atomic E-state index is 12.4. The summed E-state index contributed by atoms with van der Waals surface area (Å²) in [6.45, 7) is 5.65. The second kappa shape index (κ2) is 6.22. The van der Waals surface area contributed by atoms with Crippen molar-refractivity contribution >= 4 is 5.91 Å². The van der Waals surface area contributed by atoms with Gasteiger partial charge in [-0.1, -0.05) is 18.2 Å². The molecule has 0 aliphatic carbocycles. The molecule has 116 valence electrons. The average Bonchev–Trinajstić information content (AvgIpc) is 2.96. The second-order valence-electron chi connectivity index (χ2n) is 5.81. The van der Waals surface area contributed by atoms with Crippen LogP contribution in [0.3, 0.4) is 0 Å². The average molecular weight is 299 g/mol. The fraction of sp³-hybridized carbons (Fsp3) is 0.412. The molecule has 5 nitrogen and oxygen atoms in total. The Kier molecular flexibility index (Phi) is 4.13. The van der Waals surface area contributed by atoms with Crippen LogP contribution in [-0.4, -0.2) is 33.5 Å². The largest absolute Gasteiger partial charge is 0.484 e. The number of ether oxygens (including phenoxy) is 1. The van der Waals surface area contributed by atoms with Crippen LogP contribution in [0.5, 0.6) is 5.75 Å². The number of carbonyl (C=O) groups excluding carboxylic acids is 1. The van der Waals surface area contributed by atoms with Gasteiger partial charge in [-0.05, 0) is 26.0 Å². The van der Waals surface area contributed by atoms with Gasteiger partial charge in [0, 0.05) is 19.0 Å². The van der Waals surface area contributed by atoms with Gasteiger partial charge < -0.3 is 14.2 Å². The van der Waals surface area contributed by atoms with E-state index in [1.54, 1.807) is 0 Å². The maximum atomic E-state index is 12.4. The van der Waals surface area contributed by atoms with Gasteiger partial charge in [-0.3, -0.25) is 4.79 Å². The van der Waals surface area contributed by atoms with Crippen molar-refractivity contribution in [3.63, 3.8) is 0 Å². The third-order valence-electron chi connectivity index (χ3n) is 3.96. The van der Waals surface area contributed by atoms with Crippen LogP contribution in [0.25, 0.3) is 0 Å². The number of hydrogen-bond acceptors (Lipinski definition) is 3. The molecule has 0 bridgehead atoms. The van der Waals surface area contributed by atoms with Crippen LogP contribution in [0.15, 0.2) is 36.7 Å². The van der Waals surface area contributed by atoms with Crippen molar-refractivity contribution in [2.75, 3.05) is 13.2 Å². The fourth-order valence-corrected chi connectivity index (χ4v) is 2.72. The Morgan fingerprint density at radius 1 is 1.32 bits per heavy atom. The van der Waals surface area contributed by atoms with E-state index < -0.39 is 0 Å². The number of rotatable bonds is 4. The molecule has 0 saturated heterocycles. The molecule has 2 aromatic rings. The van der Waals surface area contributed by atoms with Gasteiger partial charge in [-0.25, -0.2) is 4.98 Å². The summed E-state index contributed by atoms with van der Waals surface area (Å²) in [6.07, 6.45) is 2.69. The quantitative estimate of drug-likeness (QED) is 0.871. The number of para-hydroxylation sites is 1. The van der Waals surface area contributed by atoms with E-state index in [4.69, 9.17) is 4.74 Å². The number of carbonyl (C=O) groups is 1. The number of fused-ring (bicyclic) bond motifs is 1. The van der Waals surface area contributed by atoms with Crippen molar-refractivity contribution in [2.45, 2.75) is 32.9 Å². The van der Waals surface area contributed by atoms with Crippen LogP contribution in [0.4, 0.5) is 0 Å². The first-order valence-electron chi connectivity index (χ1n) is 7.65. The molecule has 22 heavy (non-hydrogen) atoms. The molecule has 0 unspecified atom stereocenters. The molecule has 0 N–H and O–H groups in total. The second-order valence-corrected chi connectivity index (χ2v) is 5.81. The first-order chi connectivity index (χ1) is 10.6. The van der Waals surface area contributed by atoms with Gasteiger partial charge in [0.05, 0.1) is 24.3 Å². The minimum Gasteiger partial charge on any atom is -0.484 e. The minimum absolute atomic E-state index is 0.0195. The Labute approximate surface area is 130 Å². The monoisotopic (exact) mass is 299 g/mol.